The van der Waals surface area contributed by atoms with Gasteiger partial charge in [0.1, 0.15) is 5.69 Å². The number of nitrogens with zero attached hydrogens (tertiary/aromatic N) is 1. The fraction of sp³-hybridized carbons (Fsp3) is 0.333. The predicted octanol–water partition coefficient (Wildman–Crippen LogP) is -0.890. The van der Waals surface area contributed by atoms with Crippen LogP contribution in [0.2, 0.25) is 0 Å². The highest BCUT2D eigenvalue weighted by atomic mass is 16.5. The van der Waals surface area contributed by atoms with E-state index in [0.29, 0.717) is 12.1 Å². The van der Waals surface area contributed by atoms with Crippen LogP contribution in [0.3, 0.4) is 0 Å². The highest BCUT2D eigenvalue weighted by Gasteiger charge is 2.16. The number of aromatic nitrogens is 1. The first-order valence-corrected chi connectivity index (χ1v) is 4.53. The normalized spacial score (nSPS) is 9.87. The molecule has 0 fully saturated rings. The predicted molar refractivity (Wildman–Crippen MR) is 54.8 cm³/mol. The number of carbonyl (C=O) groups excluding carboxylic acids is 1. The third-order valence-corrected chi connectivity index (χ3v) is 1.96. The maximum atomic E-state index is 11.2. The molecule has 0 atom stereocenters. The van der Waals surface area contributed by atoms with Gasteiger partial charge >= 0.3 is 13.1 Å². The second-order valence-corrected chi connectivity index (χ2v) is 3.00. The van der Waals surface area contributed by atoms with Crippen molar-refractivity contribution in [2.45, 2.75) is 13.3 Å². The van der Waals surface area contributed by atoms with Gasteiger partial charge in [-0.2, -0.15) is 0 Å². The first kappa shape index (κ1) is 11.7. The minimum Gasteiger partial charge on any atom is -0.464 e. The Labute approximate surface area is 87.9 Å². The summed E-state index contributed by atoms with van der Waals surface area (Å²) in [6.07, 6.45) is 0.602. The monoisotopic (exact) mass is 209 g/mol. The summed E-state index contributed by atoms with van der Waals surface area (Å²) in [7, 11) is -0.362. The molecule has 15 heavy (non-hydrogen) atoms. The number of rotatable bonds is 3. The minimum atomic E-state index is -1.61. The number of aryl methyl sites for hydroxylation is 1. The first-order chi connectivity index (χ1) is 7.08. The van der Waals surface area contributed by atoms with Crippen LogP contribution in [0.5, 0.6) is 0 Å². The van der Waals surface area contributed by atoms with Gasteiger partial charge in [-0.3, -0.25) is 0 Å². The summed E-state index contributed by atoms with van der Waals surface area (Å²) < 4.78 is 4.51. The van der Waals surface area contributed by atoms with E-state index < -0.39 is 13.1 Å². The third-order valence-electron chi connectivity index (χ3n) is 1.96. The molecule has 1 heterocycles. The molecule has 0 unspecified atom stereocenters. The largest absolute Gasteiger partial charge is 0.488 e. The number of methoxy groups -OCH3 is 1. The summed E-state index contributed by atoms with van der Waals surface area (Å²) in [5.74, 6) is -0.591. The van der Waals surface area contributed by atoms with Crippen molar-refractivity contribution in [2.75, 3.05) is 7.11 Å². The van der Waals surface area contributed by atoms with Crippen molar-refractivity contribution >= 4 is 18.6 Å². The molecule has 1 aromatic rings. The van der Waals surface area contributed by atoms with Crippen molar-refractivity contribution < 1.29 is 19.6 Å². The molecule has 1 aromatic heterocycles. The Morgan fingerprint density at radius 2 is 2.20 bits per heavy atom. The molecule has 0 saturated carbocycles. The van der Waals surface area contributed by atoms with Gasteiger partial charge in [0.2, 0.25) is 0 Å². The molecular formula is C9H12BNO4. The summed E-state index contributed by atoms with van der Waals surface area (Å²) in [5.41, 5.74) is 0.934. The maximum absolute atomic E-state index is 11.2. The zero-order chi connectivity index (χ0) is 11.4. The standard InChI is InChI=1S/C9H12BNO4/c1-3-7-4-6(10(13)14)5-8(11-7)9(12)15-2/h4-5,13-14H,3H2,1-2H3. The van der Waals surface area contributed by atoms with Crippen LogP contribution in [0.15, 0.2) is 12.1 Å². The lowest BCUT2D eigenvalue weighted by molar-refractivity contribution is 0.0594. The first-order valence-electron chi connectivity index (χ1n) is 4.53. The number of ether oxygens (including phenoxy) is 1. The smallest absolute Gasteiger partial charge is 0.464 e. The topological polar surface area (TPSA) is 79.7 Å². The van der Waals surface area contributed by atoms with E-state index in [1.807, 2.05) is 6.92 Å². The second kappa shape index (κ2) is 4.90. The van der Waals surface area contributed by atoms with Gasteiger partial charge in [-0.05, 0) is 24.0 Å². The minimum absolute atomic E-state index is 0.0833. The number of pyridine rings is 1. The van der Waals surface area contributed by atoms with Crippen molar-refractivity contribution in [3.63, 3.8) is 0 Å². The van der Waals surface area contributed by atoms with Gasteiger partial charge in [-0.15, -0.1) is 0 Å². The molecule has 0 saturated heterocycles. The van der Waals surface area contributed by atoms with Crippen LogP contribution in [-0.2, 0) is 11.2 Å². The Bertz CT molecular complexity index is 367. The van der Waals surface area contributed by atoms with Gasteiger partial charge in [0.25, 0.3) is 0 Å². The molecule has 0 aliphatic heterocycles. The van der Waals surface area contributed by atoms with Gasteiger partial charge in [-0.25, -0.2) is 9.78 Å². The lowest BCUT2D eigenvalue weighted by Gasteiger charge is -2.05. The van der Waals surface area contributed by atoms with E-state index >= 15 is 0 Å². The Hall–Kier alpha value is -1.40. The molecule has 0 radical (unpaired) electrons. The van der Waals surface area contributed by atoms with E-state index in [0.717, 1.165) is 0 Å². The van der Waals surface area contributed by atoms with Crippen LogP contribution in [-0.4, -0.2) is 35.2 Å². The number of esters is 1. The summed E-state index contributed by atoms with van der Waals surface area (Å²) >= 11 is 0. The molecule has 0 aromatic carbocycles. The molecule has 0 amide bonds. The zero-order valence-corrected chi connectivity index (χ0v) is 8.60. The summed E-state index contributed by atoms with van der Waals surface area (Å²) in [6, 6.07) is 2.84. The van der Waals surface area contributed by atoms with E-state index in [1.165, 1.54) is 19.2 Å². The van der Waals surface area contributed by atoms with E-state index in [2.05, 4.69) is 9.72 Å². The Kier molecular flexibility index (Phi) is 3.82. The number of hydrogen-bond donors (Lipinski definition) is 2. The highest BCUT2D eigenvalue weighted by molar-refractivity contribution is 6.58. The van der Waals surface area contributed by atoms with E-state index in [-0.39, 0.29) is 11.2 Å². The van der Waals surface area contributed by atoms with E-state index in [4.69, 9.17) is 10.0 Å². The van der Waals surface area contributed by atoms with Crippen LogP contribution in [0.1, 0.15) is 23.1 Å². The Morgan fingerprint density at radius 3 is 2.67 bits per heavy atom. The van der Waals surface area contributed by atoms with Crippen LogP contribution >= 0.6 is 0 Å². The van der Waals surface area contributed by atoms with Crippen molar-refractivity contribution in [2.24, 2.45) is 0 Å². The summed E-state index contributed by atoms with van der Waals surface area (Å²) in [4.78, 5) is 15.2. The van der Waals surface area contributed by atoms with Crippen LogP contribution < -0.4 is 5.46 Å². The van der Waals surface area contributed by atoms with Gasteiger partial charge in [0.15, 0.2) is 0 Å². The quantitative estimate of drug-likeness (QED) is 0.498. The molecule has 80 valence electrons. The van der Waals surface area contributed by atoms with Crippen molar-refractivity contribution in [3.8, 4) is 0 Å². The van der Waals surface area contributed by atoms with Crippen LogP contribution in [0.25, 0.3) is 0 Å². The zero-order valence-electron chi connectivity index (χ0n) is 8.60. The molecule has 0 aliphatic rings. The fourth-order valence-corrected chi connectivity index (χ4v) is 1.15. The highest BCUT2D eigenvalue weighted by Crippen LogP contribution is 2.00. The van der Waals surface area contributed by atoms with Gasteiger partial charge in [-0.1, -0.05) is 6.92 Å². The van der Waals surface area contributed by atoms with Gasteiger partial charge in [0, 0.05) is 5.69 Å². The van der Waals surface area contributed by atoms with Crippen LogP contribution in [0.4, 0.5) is 0 Å². The third kappa shape index (κ3) is 2.77. The van der Waals surface area contributed by atoms with Gasteiger partial charge in [0.05, 0.1) is 7.11 Å². The molecule has 0 spiro atoms. The number of carbonyl (C=O) groups is 1. The van der Waals surface area contributed by atoms with Crippen molar-refractivity contribution in [1.82, 2.24) is 4.98 Å². The SMILES string of the molecule is CCc1cc(B(O)O)cc(C(=O)OC)n1. The lowest BCUT2D eigenvalue weighted by Crippen LogP contribution is -2.31. The molecule has 2 N–H and O–H groups in total. The molecule has 1 rings (SSSR count). The summed E-state index contributed by atoms with van der Waals surface area (Å²) in [5, 5.41) is 18.0. The van der Waals surface area contributed by atoms with E-state index in [1.54, 1.807) is 0 Å². The average Bonchev–Trinajstić information content (AvgIpc) is 2.27. The fourth-order valence-electron chi connectivity index (χ4n) is 1.15. The molecular weight excluding hydrogens is 197 g/mol. The number of hydrogen-bond acceptors (Lipinski definition) is 5. The van der Waals surface area contributed by atoms with Crippen molar-refractivity contribution in [3.05, 3.63) is 23.5 Å². The Balaban J connectivity index is 3.17. The van der Waals surface area contributed by atoms with Crippen molar-refractivity contribution in [1.29, 1.82) is 0 Å². The molecule has 0 aliphatic carbocycles. The Morgan fingerprint density at radius 1 is 1.53 bits per heavy atom. The summed E-state index contributed by atoms with van der Waals surface area (Å²) in [6.45, 7) is 1.86. The second-order valence-electron chi connectivity index (χ2n) is 3.00. The molecule has 6 heteroatoms. The lowest BCUT2D eigenvalue weighted by atomic mass is 9.80. The maximum Gasteiger partial charge on any atom is 0.488 e. The average molecular weight is 209 g/mol. The van der Waals surface area contributed by atoms with Crippen LogP contribution in [0, 0.1) is 0 Å². The van der Waals surface area contributed by atoms with E-state index in [9.17, 15) is 4.79 Å². The van der Waals surface area contributed by atoms with Gasteiger partial charge < -0.3 is 14.8 Å². The molecule has 5 nitrogen and oxygen atoms in total. The molecule has 0 bridgehead atoms.